The standard InChI is InChI=1S/C9H11NO3/c1-5-4-6(5)10-8-3-2-7(13-8)9(11)12/h2-3,5-6,10H,4H2,1H3,(H,11,12). The maximum Gasteiger partial charge on any atom is 0.371 e. The molecule has 1 aliphatic carbocycles. The fraction of sp³-hybridized carbons (Fsp3) is 0.444. The first kappa shape index (κ1) is 8.16. The molecule has 0 bridgehead atoms. The first-order chi connectivity index (χ1) is 6.16. The van der Waals surface area contributed by atoms with Crippen LogP contribution in [0.4, 0.5) is 5.88 Å². The molecule has 0 aromatic carbocycles. The molecular formula is C9H11NO3. The van der Waals surface area contributed by atoms with Crippen LogP contribution in [0.5, 0.6) is 0 Å². The molecule has 2 N–H and O–H groups in total. The molecule has 0 amide bonds. The van der Waals surface area contributed by atoms with Crippen molar-refractivity contribution in [2.45, 2.75) is 19.4 Å². The summed E-state index contributed by atoms with van der Waals surface area (Å²) in [5, 5.41) is 11.7. The predicted octanol–water partition coefficient (Wildman–Crippen LogP) is 1.80. The molecule has 4 heteroatoms. The third kappa shape index (κ3) is 1.66. The molecule has 0 saturated heterocycles. The summed E-state index contributed by atoms with van der Waals surface area (Å²) in [6.45, 7) is 2.14. The highest BCUT2D eigenvalue weighted by molar-refractivity contribution is 5.84. The lowest BCUT2D eigenvalue weighted by molar-refractivity contribution is 0.0663. The molecule has 0 spiro atoms. The molecule has 1 aromatic heterocycles. The van der Waals surface area contributed by atoms with Gasteiger partial charge in [0.05, 0.1) is 0 Å². The van der Waals surface area contributed by atoms with Crippen molar-refractivity contribution in [2.75, 3.05) is 5.32 Å². The highest BCUT2D eigenvalue weighted by atomic mass is 16.4. The van der Waals surface area contributed by atoms with Crippen molar-refractivity contribution in [3.05, 3.63) is 17.9 Å². The van der Waals surface area contributed by atoms with E-state index in [0.29, 0.717) is 17.8 Å². The van der Waals surface area contributed by atoms with Crippen LogP contribution in [0.2, 0.25) is 0 Å². The number of anilines is 1. The monoisotopic (exact) mass is 181 g/mol. The Balaban J connectivity index is 2.01. The summed E-state index contributed by atoms with van der Waals surface area (Å²) < 4.78 is 5.03. The summed E-state index contributed by atoms with van der Waals surface area (Å²) in [7, 11) is 0. The number of aromatic carboxylic acids is 1. The van der Waals surface area contributed by atoms with Gasteiger partial charge in [-0.25, -0.2) is 4.79 Å². The number of carbonyl (C=O) groups is 1. The number of nitrogens with one attached hydrogen (secondary N) is 1. The van der Waals surface area contributed by atoms with Gasteiger partial charge in [0, 0.05) is 12.1 Å². The van der Waals surface area contributed by atoms with E-state index in [1.165, 1.54) is 6.07 Å². The fourth-order valence-electron chi connectivity index (χ4n) is 1.24. The Bertz CT molecular complexity index is 331. The number of carboxylic acids is 1. The maximum absolute atomic E-state index is 10.5. The highest BCUT2D eigenvalue weighted by Gasteiger charge is 2.33. The fourth-order valence-corrected chi connectivity index (χ4v) is 1.24. The highest BCUT2D eigenvalue weighted by Crippen LogP contribution is 2.32. The Kier molecular flexibility index (Phi) is 1.76. The Hall–Kier alpha value is -1.45. The summed E-state index contributed by atoms with van der Waals surface area (Å²) in [6, 6.07) is 3.56. The van der Waals surface area contributed by atoms with Crippen molar-refractivity contribution in [1.82, 2.24) is 0 Å². The van der Waals surface area contributed by atoms with Gasteiger partial charge in [-0.2, -0.15) is 0 Å². The van der Waals surface area contributed by atoms with E-state index in [0.717, 1.165) is 6.42 Å². The minimum absolute atomic E-state index is 0.0178. The van der Waals surface area contributed by atoms with Crippen molar-refractivity contribution >= 4 is 11.9 Å². The summed E-state index contributed by atoms with van der Waals surface area (Å²) in [5.41, 5.74) is 0. The van der Waals surface area contributed by atoms with Gasteiger partial charge in [-0.15, -0.1) is 0 Å². The Labute approximate surface area is 75.6 Å². The molecule has 0 radical (unpaired) electrons. The van der Waals surface area contributed by atoms with Crippen LogP contribution in [-0.2, 0) is 0 Å². The van der Waals surface area contributed by atoms with E-state index in [1.54, 1.807) is 6.07 Å². The van der Waals surface area contributed by atoms with Gasteiger partial charge in [-0.05, 0) is 18.4 Å². The van der Waals surface area contributed by atoms with Gasteiger partial charge >= 0.3 is 5.97 Å². The van der Waals surface area contributed by atoms with E-state index in [2.05, 4.69) is 12.2 Å². The third-order valence-corrected chi connectivity index (χ3v) is 2.25. The van der Waals surface area contributed by atoms with Gasteiger partial charge in [0.2, 0.25) is 5.76 Å². The molecule has 1 aliphatic rings. The second-order valence-corrected chi connectivity index (χ2v) is 3.43. The first-order valence-electron chi connectivity index (χ1n) is 4.26. The number of hydrogen-bond donors (Lipinski definition) is 2. The second kappa shape index (κ2) is 2.80. The van der Waals surface area contributed by atoms with Gasteiger partial charge in [0.25, 0.3) is 0 Å². The summed E-state index contributed by atoms with van der Waals surface area (Å²) >= 11 is 0. The van der Waals surface area contributed by atoms with E-state index in [9.17, 15) is 4.79 Å². The van der Waals surface area contributed by atoms with Crippen LogP contribution >= 0.6 is 0 Å². The van der Waals surface area contributed by atoms with Gasteiger partial charge in [-0.3, -0.25) is 0 Å². The Morgan fingerprint density at radius 2 is 2.38 bits per heavy atom. The van der Waals surface area contributed by atoms with Crippen LogP contribution in [0, 0.1) is 5.92 Å². The molecule has 2 unspecified atom stereocenters. The largest absolute Gasteiger partial charge is 0.475 e. The van der Waals surface area contributed by atoms with E-state index in [4.69, 9.17) is 9.52 Å². The molecule has 2 atom stereocenters. The van der Waals surface area contributed by atoms with Crippen molar-refractivity contribution in [3.8, 4) is 0 Å². The smallest absolute Gasteiger partial charge is 0.371 e. The lowest BCUT2D eigenvalue weighted by Crippen LogP contribution is -2.02. The average Bonchev–Trinajstić information content (AvgIpc) is 2.61. The van der Waals surface area contributed by atoms with Gasteiger partial charge in [0.1, 0.15) is 0 Å². The van der Waals surface area contributed by atoms with Crippen molar-refractivity contribution in [2.24, 2.45) is 5.92 Å². The Morgan fingerprint density at radius 3 is 2.85 bits per heavy atom. The first-order valence-corrected chi connectivity index (χ1v) is 4.26. The molecule has 1 saturated carbocycles. The SMILES string of the molecule is CC1CC1Nc1ccc(C(=O)O)o1. The zero-order valence-electron chi connectivity index (χ0n) is 7.28. The number of furan rings is 1. The molecule has 1 heterocycles. The molecule has 1 aromatic rings. The van der Waals surface area contributed by atoms with Crippen molar-refractivity contribution < 1.29 is 14.3 Å². The number of rotatable bonds is 3. The van der Waals surface area contributed by atoms with Crippen LogP contribution in [0.25, 0.3) is 0 Å². The molecule has 13 heavy (non-hydrogen) atoms. The Morgan fingerprint density at radius 1 is 1.69 bits per heavy atom. The van der Waals surface area contributed by atoms with E-state index in [1.807, 2.05) is 0 Å². The van der Waals surface area contributed by atoms with E-state index in [-0.39, 0.29) is 5.76 Å². The van der Waals surface area contributed by atoms with Crippen LogP contribution in [0.15, 0.2) is 16.5 Å². The maximum atomic E-state index is 10.5. The lowest BCUT2D eigenvalue weighted by atomic mass is 10.4. The van der Waals surface area contributed by atoms with Crippen LogP contribution in [0.1, 0.15) is 23.9 Å². The molecule has 4 nitrogen and oxygen atoms in total. The molecule has 70 valence electrons. The number of carboxylic acid groups (broad SMARTS) is 1. The van der Waals surface area contributed by atoms with Crippen LogP contribution < -0.4 is 5.32 Å². The normalized spacial score (nSPS) is 25.6. The van der Waals surface area contributed by atoms with Crippen LogP contribution in [-0.4, -0.2) is 17.1 Å². The second-order valence-electron chi connectivity index (χ2n) is 3.43. The topological polar surface area (TPSA) is 62.5 Å². The predicted molar refractivity (Wildman–Crippen MR) is 46.9 cm³/mol. The molecular weight excluding hydrogens is 170 g/mol. The summed E-state index contributed by atoms with van der Waals surface area (Å²) in [6.07, 6.45) is 1.13. The number of hydrogen-bond acceptors (Lipinski definition) is 3. The van der Waals surface area contributed by atoms with E-state index < -0.39 is 5.97 Å². The molecule has 2 rings (SSSR count). The molecule has 1 fully saturated rings. The van der Waals surface area contributed by atoms with Gasteiger partial charge in [-0.1, -0.05) is 6.92 Å². The quantitative estimate of drug-likeness (QED) is 0.746. The van der Waals surface area contributed by atoms with Gasteiger partial charge < -0.3 is 14.8 Å². The third-order valence-electron chi connectivity index (χ3n) is 2.25. The minimum Gasteiger partial charge on any atom is -0.475 e. The van der Waals surface area contributed by atoms with Crippen molar-refractivity contribution in [3.63, 3.8) is 0 Å². The summed E-state index contributed by atoms with van der Waals surface area (Å²) in [4.78, 5) is 10.5. The van der Waals surface area contributed by atoms with E-state index >= 15 is 0 Å². The van der Waals surface area contributed by atoms with Crippen LogP contribution in [0.3, 0.4) is 0 Å². The zero-order valence-corrected chi connectivity index (χ0v) is 7.28. The molecule has 0 aliphatic heterocycles. The zero-order chi connectivity index (χ0) is 9.42. The van der Waals surface area contributed by atoms with Gasteiger partial charge in [0.15, 0.2) is 5.88 Å². The minimum atomic E-state index is -1.03. The summed E-state index contributed by atoms with van der Waals surface area (Å²) in [5.74, 6) is 0.165. The average molecular weight is 181 g/mol. The van der Waals surface area contributed by atoms with Crippen molar-refractivity contribution in [1.29, 1.82) is 0 Å². The lowest BCUT2D eigenvalue weighted by Gasteiger charge is -1.98.